The van der Waals surface area contributed by atoms with E-state index in [1.165, 1.54) is 27.6 Å². The second-order valence-corrected chi connectivity index (χ2v) is 5.55. The molecule has 0 aliphatic rings. The van der Waals surface area contributed by atoms with Crippen LogP contribution in [0.25, 0.3) is 0 Å². The molecule has 1 N–H and O–H groups in total. The summed E-state index contributed by atoms with van der Waals surface area (Å²) in [6.07, 6.45) is 1.53. The van der Waals surface area contributed by atoms with Crippen molar-refractivity contribution in [2.75, 3.05) is 18.8 Å². The lowest BCUT2D eigenvalue weighted by Crippen LogP contribution is -2.36. The minimum atomic E-state index is -1.01. The quantitative estimate of drug-likeness (QED) is 0.743. The van der Waals surface area contributed by atoms with E-state index in [2.05, 4.69) is 6.58 Å². The predicted octanol–water partition coefficient (Wildman–Crippen LogP) is 2.08. The molecule has 0 radical (unpaired) electrons. The average Bonchev–Trinajstić information content (AvgIpc) is 2.81. The maximum atomic E-state index is 11.8. The third-order valence-corrected chi connectivity index (χ3v) is 4.10. The Morgan fingerprint density at radius 1 is 1.56 bits per heavy atom. The SMILES string of the molecule is C=CCN(CC(=O)O)C(=O)CSCc1cccs1. The Kier molecular flexibility index (Phi) is 6.53. The average molecular weight is 285 g/mol. The van der Waals surface area contributed by atoms with Gasteiger partial charge in [-0.1, -0.05) is 12.1 Å². The molecule has 1 rings (SSSR count). The molecule has 1 aromatic heterocycles. The van der Waals surface area contributed by atoms with Crippen LogP contribution in [0.4, 0.5) is 0 Å². The molecule has 18 heavy (non-hydrogen) atoms. The van der Waals surface area contributed by atoms with Crippen molar-refractivity contribution >= 4 is 35.0 Å². The molecule has 0 aliphatic heterocycles. The summed E-state index contributed by atoms with van der Waals surface area (Å²) in [6.45, 7) is 3.51. The third-order valence-electron chi connectivity index (χ3n) is 2.08. The number of carboxylic acid groups (broad SMARTS) is 1. The summed E-state index contributed by atoms with van der Waals surface area (Å²) >= 11 is 3.14. The van der Waals surface area contributed by atoms with Gasteiger partial charge in [0, 0.05) is 17.2 Å². The van der Waals surface area contributed by atoms with Crippen LogP contribution in [-0.4, -0.2) is 40.7 Å². The Balaban J connectivity index is 2.36. The molecule has 0 bridgehead atoms. The highest BCUT2D eigenvalue weighted by Gasteiger charge is 2.15. The first-order valence-electron chi connectivity index (χ1n) is 5.34. The van der Waals surface area contributed by atoms with Crippen LogP contribution < -0.4 is 0 Å². The summed E-state index contributed by atoms with van der Waals surface area (Å²) in [7, 11) is 0. The van der Waals surface area contributed by atoms with Crippen molar-refractivity contribution in [2.24, 2.45) is 0 Å². The summed E-state index contributed by atoms with van der Waals surface area (Å²) < 4.78 is 0. The third kappa shape index (κ3) is 5.37. The number of rotatable bonds is 8. The number of aliphatic carboxylic acids is 1. The van der Waals surface area contributed by atoms with Gasteiger partial charge in [-0.25, -0.2) is 0 Å². The molecule has 6 heteroatoms. The van der Waals surface area contributed by atoms with E-state index in [0.717, 1.165) is 5.75 Å². The summed E-state index contributed by atoms with van der Waals surface area (Å²) in [5, 5.41) is 10.7. The smallest absolute Gasteiger partial charge is 0.323 e. The first-order valence-corrected chi connectivity index (χ1v) is 7.37. The summed E-state index contributed by atoms with van der Waals surface area (Å²) in [5.41, 5.74) is 0. The fourth-order valence-electron chi connectivity index (χ4n) is 1.30. The minimum Gasteiger partial charge on any atom is -0.480 e. The van der Waals surface area contributed by atoms with Crippen LogP contribution in [0.5, 0.6) is 0 Å². The second-order valence-electron chi connectivity index (χ2n) is 3.53. The molecule has 0 unspecified atom stereocenters. The Bertz CT molecular complexity index is 403. The fourth-order valence-corrected chi connectivity index (χ4v) is 3.07. The van der Waals surface area contributed by atoms with Crippen LogP contribution in [0.2, 0.25) is 0 Å². The molecule has 98 valence electrons. The van der Waals surface area contributed by atoms with E-state index in [1.54, 1.807) is 11.3 Å². The van der Waals surface area contributed by atoms with Crippen molar-refractivity contribution in [3.63, 3.8) is 0 Å². The summed E-state index contributed by atoms with van der Waals surface area (Å²) in [6, 6.07) is 3.98. The number of hydrogen-bond donors (Lipinski definition) is 1. The molecule has 0 atom stereocenters. The zero-order valence-electron chi connectivity index (χ0n) is 9.87. The van der Waals surface area contributed by atoms with Gasteiger partial charge in [0.1, 0.15) is 6.54 Å². The fraction of sp³-hybridized carbons (Fsp3) is 0.333. The van der Waals surface area contributed by atoms with Gasteiger partial charge in [-0.3, -0.25) is 9.59 Å². The number of nitrogens with zero attached hydrogens (tertiary/aromatic N) is 1. The van der Waals surface area contributed by atoms with Gasteiger partial charge in [0.2, 0.25) is 5.91 Å². The van der Waals surface area contributed by atoms with Gasteiger partial charge in [-0.05, 0) is 11.4 Å². The van der Waals surface area contributed by atoms with E-state index >= 15 is 0 Å². The molecule has 0 saturated heterocycles. The van der Waals surface area contributed by atoms with Crippen LogP contribution in [0, 0.1) is 0 Å². The molecular formula is C12H15NO3S2. The van der Waals surface area contributed by atoms with Crippen LogP contribution in [0.3, 0.4) is 0 Å². The Hall–Kier alpha value is -1.27. The van der Waals surface area contributed by atoms with Crippen molar-refractivity contribution in [1.29, 1.82) is 0 Å². The maximum absolute atomic E-state index is 11.8. The second kappa shape index (κ2) is 7.94. The normalized spacial score (nSPS) is 10.0. The molecule has 1 amide bonds. The van der Waals surface area contributed by atoms with E-state index < -0.39 is 5.97 Å². The van der Waals surface area contributed by atoms with E-state index in [4.69, 9.17) is 5.11 Å². The van der Waals surface area contributed by atoms with Gasteiger partial charge < -0.3 is 10.0 Å². The number of carboxylic acids is 1. The first kappa shape index (κ1) is 14.8. The summed E-state index contributed by atoms with van der Waals surface area (Å²) in [5.74, 6) is -0.107. The molecule has 0 fully saturated rings. The van der Waals surface area contributed by atoms with E-state index in [0.29, 0.717) is 5.75 Å². The zero-order chi connectivity index (χ0) is 13.4. The lowest BCUT2D eigenvalue weighted by molar-refractivity contribution is -0.143. The van der Waals surface area contributed by atoms with Crippen LogP contribution in [0.1, 0.15) is 4.88 Å². The standard InChI is InChI=1S/C12H15NO3S2/c1-2-5-13(7-12(15)16)11(14)9-17-8-10-4-3-6-18-10/h2-4,6H,1,5,7-9H2,(H,15,16). The molecule has 0 aromatic carbocycles. The molecule has 1 heterocycles. The van der Waals surface area contributed by atoms with Gasteiger partial charge in [-0.15, -0.1) is 29.7 Å². The van der Waals surface area contributed by atoms with Crippen LogP contribution in [-0.2, 0) is 15.3 Å². The molecule has 0 saturated carbocycles. The number of thiophene rings is 1. The van der Waals surface area contributed by atoms with Crippen molar-refractivity contribution in [1.82, 2.24) is 4.90 Å². The van der Waals surface area contributed by atoms with Gasteiger partial charge in [-0.2, -0.15) is 0 Å². The summed E-state index contributed by atoms with van der Waals surface area (Å²) in [4.78, 5) is 24.9. The van der Waals surface area contributed by atoms with E-state index in [9.17, 15) is 9.59 Å². The Labute approximate surface area is 114 Å². The zero-order valence-corrected chi connectivity index (χ0v) is 11.5. The number of thioether (sulfide) groups is 1. The van der Waals surface area contributed by atoms with Gasteiger partial charge in [0.25, 0.3) is 0 Å². The lowest BCUT2D eigenvalue weighted by atomic mass is 10.4. The number of carbonyl (C=O) groups is 2. The highest BCUT2D eigenvalue weighted by Crippen LogP contribution is 2.17. The topological polar surface area (TPSA) is 57.6 Å². The predicted molar refractivity (Wildman–Crippen MR) is 74.9 cm³/mol. The van der Waals surface area contributed by atoms with Crippen LogP contribution in [0.15, 0.2) is 30.2 Å². The first-order chi connectivity index (χ1) is 8.63. The largest absolute Gasteiger partial charge is 0.480 e. The molecule has 0 spiro atoms. The number of carbonyl (C=O) groups excluding carboxylic acids is 1. The van der Waals surface area contributed by atoms with Gasteiger partial charge in [0.05, 0.1) is 5.75 Å². The highest BCUT2D eigenvalue weighted by atomic mass is 32.2. The Morgan fingerprint density at radius 3 is 2.89 bits per heavy atom. The molecule has 0 aliphatic carbocycles. The maximum Gasteiger partial charge on any atom is 0.323 e. The van der Waals surface area contributed by atoms with Crippen molar-refractivity contribution in [2.45, 2.75) is 5.75 Å². The lowest BCUT2D eigenvalue weighted by Gasteiger charge is -2.18. The van der Waals surface area contributed by atoms with E-state index in [-0.39, 0.29) is 19.0 Å². The van der Waals surface area contributed by atoms with Crippen molar-refractivity contribution in [3.05, 3.63) is 35.0 Å². The number of amides is 1. The highest BCUT2D eigenvalue weighted by molar-refractivity contribution is 7.99. The number of hydrogen-bond acceptors (Lipinski definition) is 4. The van der Waals surface area contributed by atoms with E-state index in [1.807, 2.05) is 17.5 Å². The molecule has 1 aromatic rings. The van der Waals surface area contributed by atoms with Crippen LogP contribution >= 0.6 is 23.1 Å². The minimum absolute atomic E-state index is 0.168. The Morgan fingerprint density at radius 2 is 2.33 bits per heavy atom. The van der Waals surface area contributed by atoms with Crippen molar-refractivity contribution in [3.8, 4) is 0 Å². The van der Waals surface area contributed by atoms with Gasteiger partial charge >= 0.3 is 5.97 Å². The van der Waals surface area contributed by atoms with Crippen molar-refractivity contribution < 1.29 is 14.7 Å². The molecular weight excluding hydrogens is 270 g/mol. The monoisotopic (exact) mass is 285 g/mol. The molecule has 4 nitrogen and oxygen atoms in total. The van der Waals surface area contributed by atoms with Gasteiger partial charge in [0.15, 0.2) is 0 Å².